The van der Waals surface area contributed by atoms with E-state index in [9.17, 15) is 0 Å². The third kappa shape index (κ3) is 32.6. The van der Waals surface area contributed by atoms with E-state index in [1.807, 2.05) is 0 Å². The first-order chi connectivity index (χ1) is 16.1. The van der Waals surface area contributed by atoms with Gasteiger partial charge >= 0.3 is 51.4 Å². The van der Waals surface area contributed by atoms with Gasteiger partial charge in [-0.1, -0.05) is 167 Å². The van der Waals surface area contributed by atoms with Gasteiger partial charge in [-0.25, -0.2) is 0 Å². The monoisotopic (exact) mass is 560 g/mol. The zero-order valence-electron chi connectivity index (χ0n) is 23.5. The molecular weight excluding hydrogens is 503 g/mol. The van der Waals surface area contributed by atoms with Gasteiger partial charge in [-0.3, -0.25) is 0 Å². The summed E-state index contributed by atoms with van der Waals surface area (Å²) >= 11 is 10.8. The van der Waals surface area contributed by atoms with Gasteiger partial charge in [-0.2, -0.15) is 0 Å². The normalized spacial score (nSPS) is 11.6. The standard InChI is InChI=1S/C28H59O2PS2.K/c1-3-5-7-9-11-13-15-17-19-21-23-25-27-29-31(32,33)30-28-26-24-22-20-18-16-14-12-10-8-6-4-2;/h3-28H2,1-2H3,(H,32,33);/q;+1/p-1. The van der Waals surface area contributed by atoms with Crippen molar-refractivity contribution in [2.24, 2.45) is 0 Å². The van der Waals surface area contributed by atoms with Gasteiger partial charge in [0.05, 0.1) is 18.9 Å². The molecule has 2 nitrogen and oxygen atoms in total. The van der Waals surface area contributed by atoms with Crippen molar-refractivity contribution in [3.8, 4) is 0 Å². The molecule has 0 heterocycles. The molecule has 0 aliphatic rings. The van der Waals surface area contributed by atoms with Crippen LogP contribution in [-0.2, 0) is 33.1 Å². The van der Waals surface area contributed by atoms with E-state index in [0.717, 1.165) is 12.8 Å². The van der Waals surface area contributed by atoms with Gasteiger partial charge in [-0.05, 0) is 12.8 Å². The second-order valence-electron chi connectivity index (χ2n) is 9.89. The summed E-state index contributed by atoms with van der Waals surface area (Å²) in [6.45, 7) is 5.92. The van der Waals surface area contributed by atoms with Gasteiger partial charge in [0.15, 0.2) is 0 Å². The molecule has 0 radical (unpaired) electrons. The van der Waals surface area contributed by atoms with E-state index in [1.54, 1.807) is 0 Å². The third-order valence-electron chi connectivity index (χ3n) is 6.49. The van der Waals surface area contributed by atoms with Crippen molar-refractivity contribution in [1.82, 2.24) is 0 Å². The number of hydrogen-bond donors (Lipinski definition) is 0. The Bertz CT molecular complexity index is 393. The number of rotatable bonds is 28. The van der Waals surface area contributed by atoms with E-state index >= 15 is 0 Å². The van der Waals surface area contributed by atoms with Gasteiger partial charge in [0.1, 0.15) is 0 Å². The Labute approximate surface area is 268 Å². The zero-order chi connectivity index (χ0) is 24.3. The molecule has 0 fully saturated rings. The van der Waals surface area contributed by atoms with Crippen LogP contribution < -0.4 is 51.4 Å². The maximum atomic E-state index is 5.75. The fraction of sp³-hybridized carbons (Fsp3) is 1.00. The number of unbranched alkanes of at least 4 members (excludes halogenated alkanes) is 22. The molecular formula is C28H58KO2PS2. The van der Waals surface area contributed by atoms with Gasteiger partial charge < -0.3 is 21.3 Å². The Kier molecular flexibility index (Phi) is 36.2. The molecule has 0 atom stereocenters. The van der Waals surface area contributed by atoms with Crippen molar-refractivity contribution in [3.05, 3.63) is 0 Å². The first kappa shape index (κ1) is 38.7. The minimum atomic E-state index is -2.44. The van der Waals surface area contributed by atoms with Gasteiger partial charge in [0, 0.05) is 0 Å². The predicted octanol–water partition coefficient (Wildman–Crippen LogP) is 8.20. The topological polar surface area (TPSA) is 18.5 Å². The van der Waals surface area contributed by atoms with Crippen LogP contribution in [0.15, 0.2) is 0 Å². The summed E-state index contributed by atoms with van der Waals surface area (Å²) in [5.41, 5.74) is -2.44. The Morgan fingerprint density at radius 1 is 0.441 bits per heavy atom. The van der Waals surface area contributed by atoms with Crippen LogP contribution in [0.3, 0.4) is 0 Å². The molecule has 0 aliphatic carbocycles. The van der Waals surface area contributed by atoms with Crippen LogP contribution in [0, 0.1) is 0 Å². The van der Waals surface area contributed by atoms with E-state index in [0.29, 0.717) is 13.2 Å². The first-order valence-electron chi connectivity index (χ1n) is 14.7. The second kappa shape index (κ2) is 31.8. The molecule has 0 aromatic rings. The summed E-state index contributed by atoms with van der Waals surface area (Å²) in [5.74, 6) is 0. The van der Waals surface area contributed by atoms with Crippen LogP contribution in [0.25, 0.3) is 0 Å². The van der Waals surface area contributed by atoms with Crippen LogP contribution in [0.5, 0.6) is 0 Å². The summed E-state index contributed by atoms with van der Waals surface area (Å²) in [6.07, 6.45) is 32.4. The van der Waals surface area contributed by atoms with Gasteiger partial charge in [-0.15, -0.1) is 0 Å². The quantitative estimate of drug-likeness (QED) is 0.0415. The van der Waals surface area contributed by atoms with Gasteiger partial charge in [0.25, 0.3) is 0 Å². The van der Waals surface area contributed by atoms with Crippen molar-refractivity contribution in [2.75, 3.05) is 13.2 Å². The molecule has 0 N–H and O–H groups in total. The predicted molar refractivity (Wildman–Crippen MR) is 156 cm³/mol. The van der Waals surface area contributed by atoms with E-state index in [1.165, 1.54) is 141 Å². The van der Waals surface area contributed by atoms with E-state index in [4.69, 9.17) is 33.1 Å². The molecule has 0 aliphatic heterocycles. The van der Waals surface area contributed by atoms with Crippen LogP contribution in [0.4, 0.5) is 0 Å². The SMILES string of the molecule is CCCCCCCCCCCCCCOP(=S)([S-])OCCCCCCCCCCCCCC.[K+]. The van der Waals surface area contributed by atoms with Crippen molar-refractivity contribution in [2.45, 2.75) is 168 Å². The molecule has 0 spiro atoms. The fourth-order valence-corrected chi connectivity index (χ4v) is 5.95. The maximum absolute atomic E-state index is 5.75. The van der Waals surface area contributed by atoms with Crippen LogP contribution in [0.2, 0.25) is 0 Å². The summed E-state index contributed by atoms with van der Waals surface area (Å²) in [5, 5.41) is 0. The summed E-state index contributed by atoms with van der Waals surface area (Å²) in [6, 6.07) is 0. The molecule has 34 heavy (non-hydrogen) atoms. The van der Waals surface area contributed by atoms with E-state index in [-0.39, 0.29) is 51.4 Å². The molecule has 0 rings (SSSR count). The molecule has 0 saturated carbocycles. The average Bonchev–Trinajstić information content (AvgIpc) is 2.80. The largest absolute Gasteiger partial charge is 1.00 e. The Balaban J connectivity index is 0. The Hall–Kier alpha value is 2.56. The van der Waals surface area contributed by atoms with Crippen LogP contribution in [0.1, 0.15) is 168 Å². The summed E-state index contributed by atoms with van der Waals surface area (Å²) in [7, 11) is 0. The van der Waals surface area contributed by atoms with E-state index in [2.05, 4.69) is 13.8 Å². The Morgan fingerprint density at radius 3 is 0.882 bits per heavy atom. The summed E-state index contributed by atoms with van der Waals surface area (Å²) in [4.78, 5) is 0. The average molecular weight is 561 g/mol. The first-order valence-corrected chi connectivity index (χ1v) is 18.4. The smallest absolute Gasteiger partial charge is 0.691 e. The van der Waals surface area contributed by atoms with Crippen molar-refractivity contribution in [3.63, 3.8) is 0 Å². The summed E-state index contributed by atoms with van der Waals surface area (Å²) < 4.78 is 11.5. The fourth-order valence-electron chi connectivity index (χ4n) is 4.28. The van der Waals surface area contributed by atoms with Crippen LogP contribution >= 0.6 is 5.69 Å². The molecule has 0 aromatic heterocycles. The van der Waals surface area contributed by atoms with Crippen molar-refractivity contribution >= 4 is 29.7 Å². The zero-order valence-corrected chi connectivity index (χ0v) is 29.1. The van der Waals surface area contributed by atoms with E-state index < -0.39 is 5.69 Å². The minimum absolute atomic E-state index is 0. The minimum Gasteiger partial charge on any atom is -0.691 e. The third-order valence-corrected chi connectivity index (χ3v) is 8.76. The number of hydrogen-bond acceptors (Lipinski definition) is 4. The Morgan fingerprint density at radius 2 is 0.647 bits per heavy atom. The molecule has 0 amide bonds. The molecule has 0 bridgehead atoms. The van der Waals surface area contributed by atoms with Crippen molar-refractivity contribution < 1.29 is 60.4 Å². The van der Waals surface area contributed by atoms with Gasteiger partial charge in [0.2, 0.25) is 0 Å². The second-order valence-corrected chi connectivity index (χ2v) is 14.9. The molecule has 6 heteroatoms. The molecule has 200 valence electrons. The van der Waals surface area contributed by atoms with Crippen molar-refractivity contribution in [1.29, 1.82) is 0 Å². The molecule has 0 unspecified atom stereocenters. The maximum Gasteiger partial charge on any atom is 1.00 e. The molecule has 0 aromatic carbocycles. The van der Waals surface area contributed by atoms with Crippen LogP contribution in [-0.4, -0.2) is 13.2 Å². The molecule has 0 saturated heterocycles.